The lowest BCUT2D eigenvalue weighted by Crippen LogP contribution is -2.21. The van der Waals surface area contributed by atoms with Crippen LogP contribution in [0, 0.1) is 10.6 Å². The van der Waals surface area contributed by atoms with Crippen molar-refractivity contribution in [1.29, 1.82) is 0 Å². The number of benzene rings is 2. The molecule has 0 atom stereocenters. The summed E-state index contributed by atoms with van der Waals surface area (Å²) < 4.78 is 14.2. The fourth-order valence-electron chi connectivity index (χ4n) is 2.29. The monoisotopic (exact) mass is 384 g/mol. The number of carbonyl (C=O) groups is 1. The number of hydrazone groups is 1. The van der Waals surface area contributed by atoms with Crippen LogP contribution in [0.3, 0.4) is 0 Å². The van der Waals surface area contributed by atoms with Gasteiger partial charge in [-0.15, -0.1) is 0 Å². The number of rotatable bonds is 4. The maximum Gasteiger partial charge on any atom is 0.271 e. The lowest BCUT2D eigenvalue weighted by molar-refractivity contribution is 0.0955. The first-order valence-electron chi connectivity index (χ1n) is 7.70. The average Bonchev–Trinajstić information content (AvgIpc) is 2.66. The van der Waals surface area contributed by atoms with Crippen LogP contribution < -0.4 is 11.0 Å². The summed E-state index contributed by atoms with van der Waals surface area (Å²) in [4.78, 5) is 26.4. The molecule has 0 aliphatic heterocycles. The van der Waals surface area contributed by atoms with Crippen molar-refractivity contribution in [2.75, 3.05) is 0 Å². The Bertz CT molecular complexity index is 1120. The summed E-state index contributed by atoms with van der Waals surface area (Å²) in [5.41, 5.74) is 2.09. The normalized spacial score (nSPS) is 10.9. The average molecular weight is 384 g/mol. The Morgan fingerprint density at radius 2 is 1.85 bits per heavy atom. The SMILES string of the molecule is O=C(NN=Cc1c(O)n(-c2ccc(F)cc2)c(=S)[nH]c1=O)c1ccccc1. The van der Waals surface area contributed by atoms with Gasteiger partial charge in [0.15, 0.2) is 4.77 Å². The number of hydrogen-bond acceptors (Lipinski definition) is 5. The minimum Gasteiger partial charge on any atom is -0.494 e. The van der Waals surface area contributed by atoms with Gasteiger partial charge in [-0.1, -0.05) is 18.2 Å². The smallest absolute Gasteiger partial charge is 0.271 e. The summed E-state index contributed by atoms with van der Waals surface area (Å²) in [6.45, 7) is 0. The summed E-state index contributed by atoms with van der Waals surface area (Å²) in [7, 11) is 0. The second-order valence-electron chi connectivity index (χ2n) is 5.37. The molecule has 0 aliphatic carbocycles. The molecule has 3 N–H and O–H groups in total. The van der Waals surface area contributed by atoms with E-state index in [1.165, 1.54) is 24.3 Å². The molecule has 0 saturated heterocycles. The maximum absolute atomic E-state index is 13.1. The number of amides is 1. The Morgan fingerprint density at radius 3 is 2.52 bits per heavy atom. The molecule has 0 spiro atoms. The van der Waals surface area contributed by atoms with Gasteiger partial charge in [0, 0.05) is 5.56 Å². The standard InChI is InChI=1S/C18H13FN4O3S/c19-12-6-8-13(9-7-12)23-17(26)14(16(25)21-18(23)27)10-20-22-15(24)11-4-2-1-3-5-11/h1-10,26H,(H,22,24)(H,21,25,27). The van der Waals surface area contributed by atoms with Crippen molar-refractivity contribution in [3.63, 3.8) is 0 Å². The van der Waals surface area contributed by atoms with Crippen LogP contribution in [-0.2, 0) is 0 Å². The first-order valence-corrected chi connectivity index (χ1v) is 8.11. The lowest BCUT2D eigenvalue weighted by Gasteiger charge is -2.11. The molecular formula is C18H13FN4O3S. The first kappa shape index (κ1) is 18.2. The van der Waals surface area contributed by atoms with Crippen molar-refractivity contribution >= 4 is 24.3 Å². The molecule has 9 heteroatoms. The third-order valence-corrected chi connectivity index (χ3v) is 3.89. The minimum absolute atomic E-state index is 0.0745. The van der Waals surface area contributed by atoms with Crippen LogP contribution in [0.2, 0.25) is 0 Å². The van der Waals surface area contributed by atoms with Crippen molar-refractivity contribution in [2.24, 2.45) is 5.10 Å². The van der Waals surface area contributed by atoms with Gasteiger partial charge in [-0.3, -0.25) is 19.1 Å². The van der Waals surface area contributed by atoms with Gasteiger partial charge in [-0.05, 0) is 48.6 Å². The van der Waals surface area contributed by atoms with E-state index >= 15 is 0 Å². The molecule has 3 rings (SSSR count). The van der Waals surface area contributed by atoms with E-state index in [9.17, 15) is 19.1 Å². The molecule has 1 heterocycles. The van der Waals surface area contributed by atoms with Crippen LogP contribution in [0.5, 0.6) is 5.88 Å². The quantitative estimate of drug-likeness (QED) is 0.366. The Hall–Kier alpha value is -3.59. The predicted molar refractivity (Wildman–Crippen MR) is 100 cm³/mol. The number of nitrogens with one attached hydrogen (secondary N) is 2. The van der Waals surface area contributed by atoms with E-state index in [1.54, 1.807) is 30.3 Å². The third kappa shape index (κ3) is 3.98. The zero-order valence-corrected chi connectivity index (χ0v) is 14.5. The fourth-order valence-corrected chi connectivity index (χ4v) is 2.58. The van der Waals surface area contributed by atoms with E-state index in [2.05, 4.69) is 15.5 Å². The van der Waals surface area contributed by atoms with Gasteiger partial charge in [-0.25, -0.2) is 9.82 Å². The van der Waals surface area contributed by atoms with Crippen LogP contribution in [0.1, 0.15) is 15.9 Å². The number of aromatic amines is 1. The van der Waals surface area contributed by atoms with Gasteiger partial charge in [0.25, 0.3) is 11.5 Å². The van der Waals surface area contributed by atoms with Gasteiger partial charge in [0.05, 0.1) is 11.9 Å². The molecule has 3 aromatic rings. The molecule has 0 radical (unpaired) electrons. The summed E-state index contributed by atoms with van der Waals surface area (Å²) in [6, 6.07) is 13.5. The Kier molecular flexibility index (Phi) is 5.23. The Balaban J connectivity index is 1.93. The zero-order valence-electron chi connectivity index (χ0n) is 13.7. The minimum atomic E-state index is -0.687. The van der Waals surface area contributed by atoms with Crippen LogP contribution in [0.4, 0.5) is 4.39 Å². The van der Waals surface area contributed by atoms with E-state index in [0.717, 1.165) is 10.8 Å². The van der Waals surface area contributed by atoms with E-state index in [0.29, 0.717) is 11.3 Å². The van der Waals surface area contributed by atoms with Crippen molar-refractivity contribution < 1.29 is 14.3 Å². The van der Waals surface area contributed by atoms with Gasteiger partial charge < -0.3 is 5.11 Å². The molecule has 0 unspecified atom stereocenters. The van der Waals surface area contributed by atoms with Crippen molar-refractivity contribution in [1.82, 2.24) is 15.0 Å². The second-order valence-corrected chi connectivity index (χ2v) is 5.76. The molecule has 0 aliphatic rings. The molecule has 2 aromatic carbocycles. The summed E-state index contributed by atoms with van der Waals surface area (Å²) in [5, 5.41) is 14.1. The van der Waals surface area contributed by atoms with Crippen LogP contribution >= 0.6 is 12.2 Å². The number of H-pyrrole nitrogens is 1. The maximum atomic E-state index is 13.1. The molecule has 7 nitrogen and oxygen atoms in total. The number of carbonyl (C=O) groups excluding carboxylic acids is 1. The van der Waals surface area contributed by atoms with Gasteiger partial charge in [0.1, 0.15) is 11.4 Å². The van der Waals surface area contributed by atoms with Gasteiger partial charge in [0.2, 0.25) is 5.88 Å². The highest BCUT2D eigenvalue weighted by Crippen LogP contribution is 2.18. The molecule has 136 valence electrons. The molecule has 0 saturated carbocycles. The number of nitrogens with zero attached hydrogens (tertiary/aromatic N) is 2. The molecule has 1 aromatic heterocycles. The number of aromatic hydroxyl groups is 1. The predicted octanol–water partition coefficient (Wildman–Crippen LogP) is 2.50. The van der Waals surface area contributed by atoms with Crippen LogP contribution in [0.25, 0.3) is 5.69 Å². The van der Waals surface area contributed by atoms with E-state index in [4.69, 9.17) is 12.2 Å². The van der Waals surface area contributed by atoms with E-state index in [1.807, 2.05) is 0 Å². The van der Waals surface area contributed by atoms with E-state index in [-0.39, 0.29) is 10.3 Å². The number of aromatic nitrogens is 2. The zero-order chi connectivity index (χ0) is 19.4. The van der Waals surface area contributed by atoms with Crippen molar-refractivity contribution in [3.05, 3.63) is 86.7 Å². The van der Waals surface area contributed by atoms with Crippen molar-refractivity contribution in [2.45, 2.75) is 0 Å². The molecule has 0 fully saturated rings. The molecular weight excluding hydrogens is 371 g/mol. The Morgan fingerprint density at radius 1 is 1.19 bits per heavy atom. The highest BCUT2D eigenvalue weighted by molar-refractivity contribution is 7.71. The summed E-state index contributed by atoms with van der Waals surface area (Å²) in [6.07, 6.45) is 1.00. The first-order chi connectivity index (χ1) is 13.0. The Labute approximate surface area is 157 Å². The fraction of sp³-hybridized carbons (Fsp3) is 0. The topological polar surface area (TPSA) is 99.5 Å². The van der Waals surface area contributed by atoms with Crippen molar-refractivity contribution in [3.8, 4) is 11.6 Å². The third-order valence-electron chi connectivity index (χ3n) is 3.60. The molecule has 27 heavy (non-hydrogen) atoms. The molecule has 1 amide bonds. The number of hydrogen-bond donors (Lipinski definition) is 3. The van der Waals surface area contributed by atoms with Gasteiger partial charge >= 0.3 is 0 Å². The van der Waals surface area contributed by atoms with Crippen LogP contribution in [-0.4, -0.2) is 26.8 Å². The summed E-state index contributed by atoms with van der Waals surface area (Å²) in [5.74, 6) is -1.43. The second kappa shape index (κ2) is 7.75. The van der Waals surface area contributed by atoms with Gasteiger partial charge in [-0.2, -0.15) is 5.10 Å². The number of halogens is 1. The van der Waals surface area contributed by atoms with Crippen LogP contribution in [0.15, 0.2) is 64.5 Å². The highest BCUT2D eigenvalue weighted by Gasteiger charge is 2.13. The lowest BCUT2D eigenvalue weighted by atomic mass is 10.2. The largest absolute Gasteiger partial charge is 0.494 e. The summed E-state index contributed by atoms with van der Waals surface area (Å²) >= 11 is 5.06. The van der Waals surface area contributed by atoms with E-state index < -0.39 is 23.2 Å². The molecule has 0 bridgehead atoms. The highest BCUT2D eigenvalue weighted by atomic mass is 32.1.